The minimum atomic E-state index is -0.488. The van der Waals surface area contributed by atoms with Gasteiger partial charge < -0.3 is 14.8 Å². The number of anilines is 1. The van der Waals surface area contributed by atoms with Gasteiger partial charge in [-0.2, -0.15) is 5.26 Å². The van der Waals surface area contributed by atoms with E-state index in [1.54, 1.807) is 36.4 Å². The lowest BCUT2D eigenvalue weighted by atomic mass is 10.1. The van der Waals surface area contributed by atoms with Crippen LogP contribution in [0.15, 0.2) is 81.2 Å². The number of para-hydroxylation sites is 1. The second kappa shape index (κ2) is 10.8. The first-order chi connectivity index (χ1) is 15.0. The Morgan fingerprint density at radius 1 is 1.06 bits per heavy atom. The van der Waals surface area contributed by atoms with Gasteiger partial charge in [-0.3, -0.25) is 4.79 Å². The second-order valence-electron chi connectivity index (χ2n) is 6.40. The van der Waals surface area contributed by atoms with Gasteiger partial charge in [-0.15, -0.1) is 0 Å². The maximum Gasteiger partial charge on any atom is 0.266 e. The molecule has 3 rings (SSSR count). The second-order valence-corrected chi connectivity index (χ2v) is 8.11. The molecule has 5 nitrogen and oxygen atoms in total. The summed E-state index contributed by atoms with van der Waals surface area (Å²) in [5, 5.41) is 12.2. The quantitative estimate of drug-likeness (QED) is 0.279. The van der Waals surface area contributed by atoms with E-state index < -0.39 is 5.91 Å². The SMILES string of the molecule is COc1cc(/C=C(\C#N)C(=O)Nc2ccccc2)cc(Br)c1OCc1ccccc1Br. The van der Waals surface area contributed by atoms with Crippen molar-refractivity contribution in [2.45, 2.75) is 6.61 Å². The number of rotatable bonds is 7. The molecule has 31 heavy (non-hydrogen) atoms. The Bertz CT molecular complexity index is 1160. The minimum absolute atomic E-state index is 0.0281. The molecule has 1 N–H and O–H groups in total. The highest BCUT2D eigenvalue weighted by Crippen LogP contribution is 2.38. The third-order valence-corrected chi connectivity index (χ3v) is 5.65. The fourth-order valence-electron chi connectivity index (χ4n) is 2.76. The summed E-state index contributed by atoms with van der Waals surface area (Å²) in [4.78, 5) is 12.5. The summed E-state index contributed by atoms with van der Waals surface area (Å²) in [6.45, 7) is 0.342. The number of nitrogens with one attached hydrogen (secondary N) is 1. The number of hydrogen-bond acceptors (Lipinski definition) is 4. The van der Waals surface area contributed by atoms with Crippen LogP contribution in [0.2, 0.25) is 0 Å². The largest absolute Gasteiger partial charge is 0.493 e. The monoisotopic (exact) mass is 540 g/mol. The van der Waals surface area contributed by atoms with Crippen LogP contribution in [0.25, 0.3) is 6.08 Å². The van der Waals surface area contributed by atoms with Crippen LogP contribution in [-0.4, -0.2) is 13.0 Å². The number of halogens is 2. The molecule has 0 fully saturated rings. The Morgan fingerprint density at radius 2 is 1.77 bits per heavy atom. The van der Waals surface area contributed by atoms with Crippen molar-refractivity contribution in [3.05, 3.63) is 92.4 Å². The number of benzene rings is 3. The highest BCUT2D eigenvalue weighted by atomic mass is 79.9. The molecule has 0 saturated carbocycles. The Hall–Kier alpha value is -3.08. The Morgan fingerprint density at radius 3 is 2.45 bits per heavy atom. The van der Waals surface area contributed by atoms with Gasteiger partial charge in [0.25, 0.3) is 5.91 Å². The number of carbonyl (C=O) groups excluding carboxylic acids is 1. The molecule has 3 aromatic rings. The van der Waals surface area contributed by atoms with Crippen LogP contribution in [0.4, 0.5) is 5.69 Å². The van der Waals surface area contributed by atoms with Crippen molar-refractivity contribution in [1.29, 1.82) is 5.26 Å². The van der Waals surface area contributed by atoms with Crippen LogP contribution in [0, 0.1) is 11.3 Å². The molecule has 0 heterocycles. The first-order valence-corrected chi connectivity index (χ1v) is 10.8. The van der Waals surface area contributed by atoms with Crippen molar-refractivity contribution in [2.24, 2.45) is 0 Å². The van der Waals surface area contributed by atoms with Crippen molar-refractivity contribution in [2.75, 3.05) is 12.4 Å². The first-order valence-electron chi connectivity index (χ1n) is 9.23. The number of nitrogens with zero attached hydrogens (tertiary/aromatic N) is 1. The highest BCUT2D eigenvalue weighted by Gasteiger charge is 2.14. The zero-order valence-corrected chi connectivity index (χ0v) is 19.7. The average Bonchev–Trinajstić information content (AvgIpc) is 2.78. The molecule has 1 amide bonds. The van der Waals surface area contributed by atoms with Gasteiger partial charge in [0.2, 0.25) is 0 Å². The molecule has 0 atom stereocenters. The fraction of sp³-hybridized carbons (Fsp3) is 0.0833. The van der Waals surface area contributed by atoms with E-state index in [4.69, 9.17) is 9.47 Å². The molecular weight excluding hydrogens is 524 g/mol. The summed E-state index contributed by atoms with van der Waals surface area (Å²) < 4.78 is 13.0. The third-order valence-electron chi connectivity index (χ3n) is 4.29. The van der Waals surface area contributed by atoms with Crippen molar-refractivity contribution in [3.63, 3.8) is 0 Å². The van der Waals surface area contributed by atoms with E-state index in [9.17, 15) is 10.1 Å². The molecule has 0 unspecified atom stereocenters. The first kappa shape index (κ1) is 22.6. The van der Waals surface area contributed by atoms with E-state index in [1.165, 1.54) is 13.2 Å². The smallest absolute Gasteiger partial charge is 0.266 e. The molecule has 7 heteroatoms. The lowest BCUT2D eigenvalue weighted by molar-refractivity contribution is -0.112. The Kier molecular flexibility index (Phi) is 7.88. The van der Waals surface area contributed by atoms with E-state index in [1.807, 2.05) is 36.4 Å². The predicted molar refractivity (Wildman–Crippen MR) is 128 cm³/mol. The molecule has 0 spiro atoms. The number of amides is 1. The molecule has 0 aliphatic carbocycles. The molecule has 0 radical (unpaired) electrons. The van der Waals surface area contributed by atoms with Gasteiger partial charge in [0.1, 0.15) is 18.2 Å². The highest BCUT2D eigenvalue weighted by molar-refractivity contribution is 9.10. The van der Waals surface area contributed by atoms with Crippen molar-refractivity contribution >= 4 is 49.5 Å². The fourth-order valence-corrected chi connectivity index (χ4v) is 3.74. The number of methoxy groups -OCH3 is 1. The topological polar surface area (TPSA) is 71.3 Å². The van der Waals surface area contributed by atoms with Gasteiger partial charge in [-0.25, -0.2) is 0 Å². The number of carbonyl (C=O) groups is 1. The van der Waals surface area contributed by atoms with E-state index in [-0.39, 0.29) is 5.57 Å². The normalized spacial score (nSPS) is 10.8. The Labute approximate surface area is 197 Å². The standard InChI is InChI=1S/C24H18Br2N2O3/c1-30-22-13-16(11-18(14-27)24(29)28-19-8-3-2-4-9-19)12-21(26)23(22)31-15-17-7-5-6-10-20(17)25/h2-13H,15H2,1H3,(H,28,29)/b18-11+. The van der Waals surface area contributed by atoms with Gasteiger partial charge in [0.05, 0.1) is 11.6 Å². The van der Waals surface area contributed by atoms with E-state index >= 15 is 0 Å². The van der Waals surface area contributed by atoms with Crippen LogP contribution >= 0.6 is 31.9 Å². The van der Waals surface area contributed by atoms with Crippen molar-refractivity contribution in [1.82, 2.24) is 0 Å². The minimum Gasteiger partial charge on any atom is -0.493 e. The van der Waals surface area contributed by atoms with E-state index in [0.29, 0.717) is 33.8 Å². The van der Waals surface area contributed by atoms with Gasteiger partial charge in [0, 0.05) is 15.7 Å². The molecule has 3 aromatic carbocycles. The van der Waals surface area contributed by atoms with Crippen LogP contribution in [0.3, 0.4) is 0 Å². The molecule has 0 aliphatic heterocycles. The molecule has 0 aliphatic rings. The maximum atomic E-state index is 12.5. The summed E-state index contributed by atoms with van der Waals surface area (Å²) >= 11 is 7.01. The van der Waals surface area contributed by atoms with Gasteiger partial charge >= 0.3 is 0 Å². The number of hydrogen-bond donors (Lipinski definition) is 1. The number of nitriles is 1. The lowest BCUT2D eigenvalue weighted by Gasteiger charge is -2.14. The third kappa shape index (κ3) is 5.97. The molecule has 0 aromatic heterocycles. The zero-order valence-electron chi connectivity index (χ0n) is 16.6. The van der Waals surface area contributed by atoms with E-state index in [0.717, 1.165) is 10.0 Å². The summed E-state index contributed by atoms with van der Waals surface area (Å²) in [6, 6.07) is 22.2. The summed E-state index contributed by atoms with van der Waals surface area (Å²) in [5.41, 5.74) is 2.20. The predicted octanol–water partition coefficient (Wildman–Crippen LogP) is 6.34. The molecular formula is C24H18Br2N2O3. The van der Waals surface area contributed by atoms with E-state index in [2.05, 4.69) is 37.2 Å². The van der Waals surface area contributed by atoms with Gasteiger partial charge in [-0.1, -0.05) is 52.3 Å². The lowest BCUT2D eigenvalue weighted by Crippen LogP contribution is -2.13. The van der Waals surface area contributed by atoms with Crippen LogP contribution in [0.5, 0.6) is 11.5 Å². The van der Waals surface area contributed by atoms with Crippen molar-refractivity contribution in [3.8, 4) is 17.6 Å². The Balaban J connectivity index is 1.83. The summed E-state index contributed by atoms with van der Waals surface area (Å²) in [5.74, 6) is 0.522. The van der Waals surface area contributed by atoms with Crippen LogP contribution in [-0.2, 0) is 11.4 Å². The van der Waals surface area contributed by atoms with Gasteiger partial charge in [-0.05, 0) is 57.9 Å². The molecule has 0 bridgehead atoms. The van der Waals surface area contributed by atoms with Crippen LogP contribution < -0.4 is 14.8 Å². The van der Waals surface area contributed by atoms with Gasteiger partial charge in [0.15, 0.2) is 11.5 Å². The molecule has 0 saturated heterocycles. The zero-order chi connectivity index (χ0) is 22.2. The van der Waals surface area contributed by atoms with Crippen LogP contribution in [0.1, 0.15) is 11.1 Å². The van der Waals surface area contributed by atoms with Crippen molar-refractivity contribution < 1.29 is 14.3 Å². The molecule has 156 valence electrons. The number of ether oxygens (including phenoxy) is 2. The summed E-state index contributed by atoms with van der Waals surface area (Å²) in [7, 11) is 1.54. The average molecular weight is 542 g/mol. The summed E-state index contributed by atoms with van der Waals surface area (Å²) in [6.07, 6.45) is 1.50. The maximum absolute atomic E-state index is 12.5.